The van der Waals surface area contributed by atoms with Crippen LogP contribution in [-0.2, 0) is 11.3 Å². The maximum atomic E-state index is 12.9. The molecule has 0 N–H and O–H groups in total. The summed E-state index contributed by atoms with van der Waals surface area (Å²) in [6, 6.07) is 20.6. The van der Waals surface area contributed by atoms with Gasteiger partial charge in [0.05, 0.1) is 14.0 Å². The number of likely N-dealkylation sites (tertiary alicyclic amines) is 1. The average Bonchev–Trinajstić information content (AvgIpc) is 2.65. The summed E-state index contributed by atoms with van der Waals surface area (Å²) in [5, 5.41) is 1.38. The molecule has 1 amide bonds. The number of nitrogens with zero attached hydrogens (tertiary/aromatic N) is 1. The highest BCUT2D eigenvalue weighted by molar-refractivity contribution is 6.91. The van der Waals surface area contributed by atoms with Gasteiger partial charge in [-0.2, -0.15) is 0 Å². The molecule has 0 unspecified atom stereocenters. The van der Waals surface area contributed by atoms with Crippen LogP contribution < -0.4 is 5.19 Å². The van der Waals surface area contributed by atoms with Gasteiger partial charge < -0.3 is 4.90 Å². The van der Waals surface area contributed by atoms with Gasteiger partial charge >= 0.3 is 0 Å². The Labute approximate surface area is 151 Å². The molecule has 2 aromatic rings. The molecule has 1 aliphatic rings. The molecule has 25 heavy (non-hydrogen) atoms. The summed E-state index contributed by atoms with van der Waals surface area (Å²) in [6.45, 7) is 7.50. The lowest BCUT2D eigenvalue weighted by Gasteiger charge is -2.50. The summed E-state index contributed by atoms with van der Waals surface area (Å²) < 4.78 is 0. The zero-order chi connectivity index (χ0) is 18.0. The SMILES string of the molecule is C#C[C@H]1[C@@H]([C@H](C)[Si](C)(C)c2ccccc2)C(=O)N1Cc1ccccc1. The van der Waals surface area contributed by atoms with Gasteiger partial charge in [-0.1, -0.05) is 91.8 Å². The van der Waals surface area contributed by atoms with Crippen LogP contribution in [0.15, 0.2) is 60.7 Å². The summed E-state index contributed by atoms with van der Waals surface area (Å²) in [4.78, 5) is 14.8. The van der Waals surface area contributed by atoms with Crippen LogP contribution in [0.4, 0.5) is 0 Å². The van der Waals surface area contributed by atoms with Crippen molar-refractivity contribution in [2.75, 3.05) is 0 Å². The number of hydrogen-bond acceptors (Lipinski definition) is 1. The summed E-state index contributed by atoms with van der Waals surface area (Å²) in [5.74, 6) is 3.03. The van der Waals surface area contributed by atoms with E-state index >= 15 is 0 Å². The molecule has 1 fully saturated rings. The lowest BCUT2D eigenvalue weighted by Crippen LogP contribution is -2.64. The Balaban J connectivity index is 1.79. The third-order valence-corrected chi connectivity index (χ3v) is 10.3. The Kier molecular flexibility index (Phi) is 4.83. The van der Waals surface area contributed by atoms with Crippen molar-refractivity contribution in [3.63, 3.8) is 0 Å². The van der Waals surface area contributed by atoms with Crippen molar-refractivity contribution in [1.82, 2.24) is 4.90 Å². The first-order chi connectivity index (χ1) is 12.0. The molecule has 0 radical (unpaired) electrons. The first-order valence-corrected chi connectivity index (χ1v) is 11.9. The van der Waals surface area contributed by atoms with Crippen LogP contribution in [0.25, 0.3) is 0 Å². The highest BCUT2D eigenvalue weighted by Gasteiger charge is 2.53. The summed E-state index contributed by atoms with van der Waals surface area (Å²) >= 11 is 0. The fourth-order valence-corrected chi connectivity index (χ4v) is 6.59. The highest BCUT2D eigenvalue weighted by atomic mass is 28.3. The van der Waals surface area contributed by atoms with Crippen molar-refractivity contribution in [3.05, 3.63) is 66.2 Å². The molecule has 0 bridgehead atoms. The number of rotatable bonds is 5. The molecule has 3 heteroatoms. The summed E-state index contributed by atoms with van der Waals surface area (Å²) in [5.41, 5.74) is 1.43. The summed E-state index contributed by atoms with van der Waals surface area (Å²) in [7, 11) is -1.78. The van der Waals surface area contributed by atoms with Crippen LogP contribution in [0.1, 0.15) is 12.5 Å². The number of carbonyl (C=O) groups is 1. The minimum atomic E-state index is -1.78. The van der Waals surface area contributed by atoms with E-state index in [0.717, 1.165) is 5.56 Å². The topological polar surface area (TPSA) is 20.3 Å². The zero-order valence-corrected chi connectivity index (χ0v) is 16.1. The first-order valence-electron chi connectivity index (χ1n) is 8.83. The Morgan fingerprint density at radius 1 is 1.08 bits per heavy atom. The van der Waals surface area contributed by atoms with Crippen molar-refractivity contribution < 1.29 is 4.79 Å². The number of β-lactam (4-membered cyclic amide) rings is 1. The second kappa shape index (κ2) is 6.90. The van der Waals surface area contributed by atoms with Crippen molar-refractivity contribution in [2.45, 2.75) is 38.1 Å². The lowest BCUT2D eigenvalue weighted by molar-refractivity contribution is -0.153. The van der Waals surface area contributed by atoms with Crippen LogP contribution in [0, 0.1) is 18.3 Å². The molecule has 0 spiro atoms. The van der Waals surface area contributed by atoms with E-state index in [1.165, 1.54) is 5.19 Å². The van der Waals surface area contributed by atoms with E-state index in [1.807, 2.05) is 41.3 Å². The largest absolute Gasteiger partial charge is 0.323 e. The predicted molar refractivity (Wildman–Crippen MR) is 106 cm³/mol. The molecular weight excluding hydrogens is 322 g/mol. The van der Waals surface area contributed by atoms with Crippen LogP contribution >= 0.6 is 0 Å². The quantitative estimate of drug-likeness (QED) is 0.459. The van der Waals surface area contributed by atoms with Gasteiger partial charge in [-0.15, -0.1) is 6.42 Å². The maximum Gasteiger partial charge on any atom is 0.230 e. The van der Waals surface area contributed by atoms with Gasteiger partial charge in [-0.25, -0.2) is 0 Å². The molecule has 1 saturated heterocycles. The molecule has 0 aromatic heterocycles. The van der Waals surface area contributed by atoms with Crippen LogP contribution in [-0.4, -0.2) is 24.9 Å². The number of benzene rings is 2. The van der Waals surface area contributed by atoms with E-state index in [0.29, 0.717) is 12.1 Å². The normalized spacial score (nSPS) is 21.4. The highest BCUT2D eigenvalue weighted by Crippen LogP contribution is 2.41. The van der Waals surface area contributed by atoms with Crippen molar-refractivity contribution in [1.29, 1.82) is 0 Å². The van der Waals surface area contributed by atoms with Crippen LogP contribution in [0.3, 0.4) is 0 Å². The minimum absolute atomic E-state index is 0.0596. The molecule has 2 aromatic carbocycles. The Morgan fingerprint density at radius 3 is 2.20 bits per heavy atom. The third-order valence-electron chi connectivity index (χ3n) is 5.81. The van der Waals surface area contributed by atoms with Gasteiger partial charge in [-0.3, -0.25) is 4.79 Å². The van der Waals surface area contributed by atoms with Gasteiger partial charge in [-0.05, 0) is 11.1 Å². The van der Waals surface area contributed by atoms with Crippen molar-refractivity contribution in [2.24, 2.45) is 5.92 Å². The predicted octanol–water partition coefficient (Wildman–Crippen LogP) is 3.65. The number of amides is 1. The van der Waals surface area contributed by atoms with Gasteiger partial charge in [0.15, 0.2) is 0 Å². The van der Waals surface area contributed by atoms with Gasteiger partial charge in [0.2, 0.25) is 5.91 Å². The van der Waals surface area contributed by atoms with Crippen molar-refractivity contribution >= 4 is 19.2 Å². The van der Waals surface area contributed by atoms with Gasteiger partial charge in [0.25, 0.3) is 0 Å². The molecule has 128 valence electrons. The third kappa shape index (κ3) is 3.15. The Hall–Kier alpha value is -2.31. The smallest absolute Gasteiger partial charge is 0.230 e. The van der Waals surface area contributed by atoms with E-state index < -0.39 is 8.07 Å². The fourth-order valence-electron chi connectivity index (χ4n) is 3.79. The zero-order valence-electron chi connectivity index (χ0n) is 15.1. The van der Waals surface area contributed by atoms with Gasteiger partial charge in [0, 0.05) is 6.54 Å². The van der Waals surface area contributed by atoms with E-state index in [4.69, 9.17) is 6.42 Å². The molecule has 0 aliphatic carbocycles. The Morgan fingerprint density at radius 2 is 1.64 bits per heavy atom. The van der Waals surface area contributed by atoms with E-state index in [9.17, 15) is 4.79 Å². The number of terminal acetylenes is 1. The van der Waals surface area contributed by atoms with E-state index in [1.54, 1.807) is 0 Å². The molecule has 1 heterocycles. The number of hydrogen-bond donors (Lipinski definition) is 0. The molecule has 2 nitrogen and oxygen atoms in total. The maximum absolute atomic E-state index is 12.9. The van der Waals surface area contributed by atoms with Crippen molar-refractivity contribution in [3.8, 4) is 12.3 Å². The lowest BCUT2D eigenvalue weighted by atomic mass is 9.84. The second-order valence-electron chi connectivity index (χ2n) is 7.47. The molecule has 0 saturated carbocycles. The fraction of sp³-hybridized carbons (Fsp3) is 0.318. The monoisotopic (exact) mass is 347 g/mol. The second-order valence-corrected chi connectivity index (χ2v) is 12.4. The van der Waals surface area contributed by atoms with Crippen LogP contribution in [0.2, 0.25) is 18.6 Å². The molecule has 3 rings (SSSR count). The minimum Gasteiger partial charge on any atom is -0.323 e. The van der Waals surface area contributed by atoms with E-state index in [-0.39, 0.29) is 17.9 Å². The van der Waals surface area contributed by atoms with E-state index in [2.05, 4.69) is 50.2 Å². The Bertz CT molecular complexity index is 779. The summed E-state index contributed by atoms with van der Waals surface area (Å²) in [6.07, 6.45) is 5.82. The van der Waals surface area contributed by atoms with Crippen LogP contribution in [0.5, 0.6) is 0 Å². The number of carbonyl (C=O) groups excluding carboxylic acids is 1. The first kappa shape index (κ1) is 17.5. The average molecular weight is 348 g/mol. The van der Waals surface area contributed by atoms with Gasteiger partial charge in [0.1, 0.15) is 6.04 Å². The standard InChI is InChI=1S/C22H25NOSi/c1-5-20-21(17(2)25(3,4)19-14-10-7-11-15-19)22(24)23(20)16-18-12-8-6-9-13-18/h1,6-15,17,20-21H,16H2,2-4H3/t17-,20-,21+/m0/s1. The molecule has 1 aliphatic heterocycles. The molecular formula is C22H25NOSi. The molecule has 3 atom stereocenters.